The van der Waals surface area contributed by atoms with E-state index in [1.165, 1.54) is 6.08 Å². The molecule has 4 heteroatoms. The summed E-state index contributed by atoms with van der Waals surface area (Å²) in [6.07, 6.45) is 3.72. The average Bonchev–Trinajstić information content (AvgIpc) is 2.01. The lowest BCUT2D eigenvalue weighted by molar-refractivity contribution is -0.148. The Morgan fingerprint density at radius 3 is 1.87 bits per heavy atom. The highest BCUT2D eigenvalue weighted by atomic mass is 16.6. The van der Waals surface area contributed by atoms with Crippen LogP contribution in [0.5, 0.6) is 0 Å². The number of rotatable bonds is 2. The van der Waals surface area contributed by atoms with Crippen LogP contribution in [0.25, 0.3) is 0 Å². The van der Waals surface area contributed by atoms with Crippen molar-refractivity contribution in [1.29, 1.82) is 0 Å². The lowest BCUT2D eigenvalue weighted by Crippen LogP contribution is -2.22. The van der Waals surface area contributed by atoms with Crippen LogP contribution in [0.15, 0.2) is 24.8 Å². The van der Waals surface area contributed by atoms with Crippen LogP contribution in [0.3, 0.4) is 0 Å². The van der Waals surface area contributed by atoms with Gasteiger partial charge in [0, 0.05) is 12.2 Å². The van der Waals surface area contributed by atoms with Gasteiger partial charge < -0.3 is 9.84 Å². The van der Waals surface area contributed by atoms with Crippen molar-refractivity contribution in [2.75, 3.05) is 0 Å². The molecule has 0 aliphatic rings. The van der Waals surface area contributed by atoms with Gasteiger partial charge in [0.1, 0.15) is 5.60 Å². The fraction of sp³-hybridized carbons (Fsp3) is 0.455. The molecule has 1 N–H and O–H groups in total. The molecule has 0 saturated carbocycles. The van der Waals surface area contributed by atoms with E-state index >= 15 is 0 Å². The van der Waals surface area contributed by atoms with Crippen molar-refractivity contribution in [1.82, 2.24) is 0 Å². The van der Waals surface area contributed by atoms with E-state index in [0.717, 1.165) is 12.2 Å². The minimum atomic E-state index is -0.891. The van der Waals surface area contributed by atoms with Crippen molar-refractivity contribution in [2.24, 2.45) is 0 Å². The number of ether oxygens (including phenoxy) is 1. The van der Waals surface area contributed by atoms with Crippen LogP contribution in [-0.2, 0) is 14.3 Å². The molecule has 0 aromatic rings. The summed E-state index contributed by atoms with van der Waals surface area (Å²) in [5.41, 5.74) is -0.398. The number of carbonyl (C=O) groups excluding carboxylic acids is 1. The first kappa shape index (κ1) is 15.9. The highest BCUT2D eigenvalue weighted by Crippen LogP contribution is 2.06. The fourth-order valence-electron chi connectivity index (χ4n) is 0.486. The van der Waals surface area contributed by atoms with Crippen LogP contribution in [0, 0.1) is 0 Å². The monoisotopic (exact) mass is 214 g/mol. The van der Waals surface area contributed by atoms with Gasteiger partial charge in [-0.25, -0.2) is 9.59 Å². The second kappa shape index (κ2) is 7.79. The normalized spacial score (nSPS) is 10.1. The third-order valence-corrected chi connectivity index (χ3v) is 0.883. The summed E-state index contributed by atoms with van der Waals surface area (Å²) >= 11 is 0. The Morgan fingerprint density at radius 2 is 1.80 bits per heavy atom. The van der Waals surface area contributed by atoms with E-state index in [1.807, 2.05) is 20.8 Å². The Kier molecular flexibility index (Phi) is 8.24. The van der Waals surface area contributed by atoms with Crippen LogP contribution in [0.4, 0.5) is 0 Å². The summed E-state index contributed by atoms with van der Waals surface area (Å²) in [5, 5.41) is 7.83. The second-order valence-electron chi connectivity index (χ2n) is 3.58. The molecule has 0 aliphatic heterocycles. The second-order valence-corrected chi connectivity index (χ2v) is 3.58. The first-order valence-electron chi connectivity index (χ1n) is 4.44. The van der Waals surface area contributed by atoms with Crippen molar-refractivity contribution >= 4 is 11.9 Å². The average molecular weight is 214 g/mol. The summed E-state index contributed by atoms with van der Waals surface area (Å²) in [6.45, 7) is 10.4. The number of carboxylic acid groups (broad SMARTS) is 1. The van der Waals surface area contributed by atoms with E-state index < -0.39 is 11.6 Å². The first-order valence-corrected chi connectivity index (χ1v) is 4.44. The largest absolute Gasteiger partial charge is 0.478 e. The zero-order chi connectivity index (χ0) is 12.5. The Labute approximate surface area is 90.2 Å². The van der Waals surface area contributed by atoms with E-state index in [1.54, 1.807) is 6.92 Å². The maximum atomic E-state index is 10.5. The molecule has 86 valence electrons. The van der Waals surface area contributed by atoms with Gasteiger partial charge in [-0.1, -0.05) is 12.7 Å². The van der Waals surface area contributed by atoms with Crippen molar-refractivity contribution in [2.45, 2.75) is 33.3 Å². The number of hydrogen-bond donors (Lipinski definition) is 1. The van der Waals surface area contributed by atoms with Gasteiger partial charge in [-0.2, -0.15) is 0 Å². The Morgan fingerprint density at radius 1 is 1.33 bits per heavy atom. The molecule has 0 fully saturated rings. The van der Waals surface area contributed by atoms with Gasteiger partial charge in [0.05, 0.1) is 0 Å². The minimum absolute atomic E-state index is 0.373. The fourth-order valence-corrected chi connectivity index (χ4v) is 0.486. The maximum absolute atomic E-state index is 10.5. The van der Waals surface area contributed by atoms with Gasteiger partial charge in [-0.15, -0.1) is 0 Å². The molecule has 0 amide bonds. The molecule has 0 spiro atoms. The quantitative estimate of drug-likeness (QED) is 0.565. The standard InChI is InChI=1S/C7H12O2.C4H6O2/c1-5-6(8)9-7(2,3)4;1-2-3-4(5)6/h5H,1H2,2-4H3;2-3H,1H3,(H,5,6)/b;3-2-. The molecule has 0 aromatic heterocycles. The molecular weight excluding hydrogens is 196 g/mol. The van der Waals surface area contributed by atoms with Crippen LogP contribution in [0.1, 0.15) is 27.7 Å². The number of carbonyl (C=O) groups is 2. The molecule has 0 saturated heterocycles. The summed E-state index contributed by atoms with van der Waals surface area (Å²) in [7, 11) is 0. The van der Waals surface area contributed by atoms with E-state index in [0.29, 0.717) is 0 Å². The topological polar surface area (TPSA) is 63.6 Å². The molecule has 0 radical (unpaired) electrons. The van der Waals surface area contributed by atoms with Crippen molar-refractivity contribution < 1.29 is 19.4 Å². The van der Waals surface area contributed by atoms with Crippen LogP contribution in [-0.4, -0.2) is 22.6 Å². The molecule has 15 heavy (non-hydrogen) atoms. The first-order chi connectivity index (χ1) is 6.72. The van der Waals surface area contributed by atoms with Crippen molar-refractivity contribution in [3.8, 4) is 0 Å². The number of carboxylic acids is 1. The van der Waals surface area contributed by atoms with Crippen LogP contribution < -0.4 is 0 Å². The lowest BCUT2D eigenvalue weighted by atomic mass is 10.2. The Hall–Kier alpha value is -1.58. The molecule has 0 rings (SSSR count). The molecule has 4 nitrogen and oxygen atoms in total. The van der Waals surface area contributed by atoms with Gasteiger partial charge >= 0.3 is 11.9 Å². The van der Waals surface area contributed by atoms with E-state index in [4.69, 9.17) is 9.84 Å². The zero-order valence-corrected chi connectivity index (χ0v) is 9.61. The Bertz CT molecular complexity index is 246. The molecule has 0 bridgehead atoms. The number of aliphatic carboxylic acids is 1. The van der Waals surface area contributed by atoms with Gasteiger partial charge in [-0.05, 0) is 27.7 Å². The third-order valence-electron chi connectivity index (χ3n) is 0.883. The van der Waals surface area contributed by atoms with E-state index in [9.17, 15) is 9.59 Å². The van der Waals surface area contributed by atoms with Gasteiger partial charge in [0.25, 0.3) is 0 Å². The summed E-state index contributed by atoms with van der Waals surface area (Å²) in [6, 6.07) is 0. The highest BCUT2D eigenvalue weighted by molar-refractivity contribution is 5.81. The third kappa shape index (κ3) is 19.0. The summed E-state index contributed by atoms with van der Waals surface area (Å²) in [4.78, 5) is 20.0. The zero-order valence-electron chi connectivity index (χ0n) is 9.61. The number of allylic oxidation sites excluding steroid dienone is 1. The molecule has 0 aromatic carbocycles. The molecule has 0 heterocycles. The molecule has 0 unspecified atom stereocenters. The predicted octanol–water partition coefficient (Wildman–Crippen LogP) is 2.16. The number of esters is 1. The van der Waals surface area contributed by atoms with E-state index in [2.05, 4.69) is 6.58 Å². The lowest BCUT2D eigenvalue weighted by Gasteiger charge is -2.17. The van der Waals surface area contributed by atoms with Crippen molar-refractivity contribution in [3.63, 3.8) is 0 Å². The van der Waals surface area contributed by atoms with E-state index in [-0.39, 0.29) is 5.97 Å². The molecule has 0 atom stereocenters. The van der Waals surface area contributed by atoms with Crippen molar-refractivity contribution in [3.05, 3.63) is 24.8 Å². The predicted molar refractivity (Wildman–Crippen MR) is 58.5 cm³/mol. The van der Waals surface area contributed by atoms with Crippen LogP contribution in [0.2, 0.25) is 0 Å². The maximum Gasteiger partial charge on any atom is 0.330 e. The van der Waals surface area contributed by atoms with Gasteiger partial charge in [0.15, 0.2) is 0 Å². The Balaban J connectivity index is 0. The number of hydrogen-bond acceptors (Lipinski definition) is 3. The van der Waals surface area contributed by atoms with Gasteiger partial charge in [0.2, 0.25) is 0 Å². The smallest absolute Gasteiger partial charge is 0.330 e. The molecular formula is C11H18O4. The summed E-state index contributed by atoms with van der Waals surface area (Å²) in [5.74, 6) is -1.26. The molecule has 0 aliphatic carbocycles. The van der Waals surface area contributed by atoms with Crippen LogP contribution >= 0.6 is 0 Å². The highest BCUT2D eigenvalue weighted by Gasteiger charge is 2.12. The minimum Gasteiger partial charge on any atom is -0.478 e. The summed E-state index contributed by atoms with van der Waals surface area (Å²) < 4.78 is 4.83. The van der Waals surface area contributed by atoms with Gasteiger partial charge in [-0.3, -0.25) is 0 Å². The SMILES string of the molecule is C/C=C\C(=O)O.C=CC(=O)OC(C)(C)C.